The van der Waals surface area contributed by atoms with Gasteiger partial charge in [0.2, 0.25) is 16.9 Å². The van der Waals surface area contributed by atoms with Gasteiger partial charge < -0.3 is 10.6 Å². The van der Waals surface area contributed by atoms with Crippen molar-refractivity contribution in [3.05, 3.63) is 76.3 Å². The van der Waals surface area contributed by atoms with E-state index in [9.17, 15) is 9.59 Å². The van der Waals surface area contributed by atoms with Gasteiger partial charge in [0.15, 0.2) is 4.34 Å². The monoisotopic (exact) mass is 502 g/mol. The van der Waals surface area contributed by atoms with Crippen LogP contribution < -0.4 is 10.6 Å². The zero-order valence-corrected chi connectivity index (χ0v) is 19.6. The molecule has 2 amide bonds. The summed E-state index contributed by atoms with van der Waals surface area (Å²) in [4.78, 5) is 24.6. The van der Waals surface area contributed by atoms with Gasteiger partial charge in [0.05, 0.1) is 22.2 Å². The van der Waals surface area contributed by atoms with Crippen LogP contribution in [-0.2, 0) is 16.0 Å². The van der Waals surface area contributed by atoms with E-state index in [-0.39, 0.29) is 24.0 Å². The third-order valence-electron chi connectivity index (χ3n) is 4.41. The number of anilines is 2. The Labute approximate surface area is 202 Å². The maximum atomic E-state index is 12.5. The maximum absolute atomic E-state index is 12.5. The number of aromatic nitrogens is 2. The molecule has 32 heavy (non-hydrogen) atoms. The molecule has 0 spiro atoms. The number of fused-ring (bicyclic) bond motifs is 1. The highest BCUT2D eigenvalue weighted by Gasteiger charge is 2.12. The number of benzene rings is 3. The van der Waals surface area contributed by atoms with Crippen LogP contribution in [0.15, 0.2) is 65.0 Å². The van der Waals surface area contributed by atoms with E-state index in [0.29, 0.717) is 25.2 Å². The first-order valence-corrected chi connectivity index (χ1v) is 12.0. The molecular formula is C22H16Cl2N4O2S2. The van der Waals surface area contributed by atoms with Gasteiger partial charge in [-0.3, -0.25) is 9.59 Å². The zero-order valence-electron chi connectivity index (χ0n) is 16.5. The first-order valence-electron chi connectivity index (χ1n) is 9.45. The van der Waals surface area contributed by atoms with Gasteiger partial charge in [-0.05, 0) is 34.5 Å². The van der Waals surface area contributed by atoms with Crippen LogP contribution in [-0.4, -0.2) is 27.8 Å². The van der Waals surface area contributed by atoms with Crippen LogP contribution in [0, 0.1) is 0 Å². The van der Waals surface area contributed by atoms with E-state index in [4.69, 9.17) is 23.2 Å². The molecule has 0 radical (unpaired) electrons. The largest absolute Gasteiger partial charge is 0.325 e. The van der Waals surface area contributed by atoms with Crippen molar-refractivity contribution in [3.63, 3.8) is 0 Å². The summed E-state index contributed by atoms with van der Waals surface area (Å²) in [7, 11) is 0. The molecule has 4 aromatic rings. The molecule has 0 atom stereocenters. The van der Waals surface area contributed by atoms with Gasteiger partial charge in [-0.15, -0.1) is 10.2 Å². The first-order chi connectivity index (χ1) is 15.5. The lowest BCUT2D eigenvalue weighted by atomic mass is 10.0. The van der Waals surface area contributed by atoms with Crippen LogP contribution in [0.5, 0.6) is 0 Å². The predicted molar refractivity (Wildman–Crippen MR) is 132 cm³/mol. The number of hydrogen-bond acceptors (Lipinski definition) is 6. The minimum Gasteiger partial charge on any atom is -0.325 e. The van der Waals surface area contributed by atoms with E-state index in [1.165, 1.54) is 23.1 Å². The first kappa shape index (κ1) is 22.5. The molecule has 0 aliphatic rings. The highest BCUT2D eigenvalue weighted by molar-refractivity contribution is 8.01. The lowest BCUT2D eigenvalue weighted by Gasteiger charge is -2.06. The fraction of sp³-hybridized carbons (Fsp3) is 0.0909. The summed E-state index contributed by atoms with van der Waals surface area (Å²) < 4.78 is 0.578. The molecule has 1 aromatic heterocycles. The SMILES string of the molecule is O=C(CSc1nnc(NC(=O)Cc2cccc3ccccc23)s1)Nc1ccc(Cl)c(Cl)c1. The molecule has 0 bridgehead atoms. The number of halogens is 2. The van der Waals surface area contributed by atoms with Crippen LogP contribution in [0.2, 0.25) is 10.0 Å². The quantitative estimate of drug-likeness (QED) is 0.242. The second kappa shape index (κ2) is 10.3. The maximum Gasteiger partial charge on any atom is 0.234 e. The standard InChI is InChI=1S/C22H16Cl2N4O2S2/c23-17-9-8-15(11-18(17)24)25-20(30)12-31-22-28-27-21(32-22)26-19(29)10-14-6-3-5-13-4-1-2-7-16(13)14/h1-9,11H,10,12H2,(H,25,30)(H,26,27,29). The van der Waals surface area contributed by atoms with E-state index >= 15 is 0 Å². The number of hydrogen-bond donors (Lipinski definition) is 2. The van der Waals surface area contributed by atoms with Crippen molar-refractivity contribution in [2.75, 3.05) is 16.4 Å². The minimum atomic E-state index is -0.217. The van der Waals surface area contributed by atoms with Crippen molar-refractivity contribution in [2.24, 2.45) is 0 Å². The Hall–Kier alpha value is -2.65. The summed E-state index contributed by atoms with van der Waals surface area (Å²) >= 11 is 14.3. The average Bonchev–Trinajstić information content (AvgIpc) is 3.22. The van der Waals surface area contributed by atoms with Crippen molar-refractivity contribution < 1.29 is 9.59 Å². The van der Waals surface area contributed by atoms with Crippen LogP contribution in [0.4, 0.5) is 10.8 Å². The Bertz CT molecular complexity index is 1290. The number of thioether (sulfide) groups is 1. The number of nitrogens with one attached hydrogen (secondary N) is 2. The number of amides is 2. The summed E-state index contributed by atoms with van der Waals surface area (Å²) in [6.45, 7) is 0. The van der Waals surface area contributed by atoms with Gasteiger partial charge in [-0.2, -0.15) is 0 Å². The fourth-order valence-electron chi connectivity index (χ4n) is 3.00. The Morgan fingerprint density at radius 1 is 0.906 bits per heavy atom. The molecule has 0 fully saturated rings. The molecule has 4 rings (SSSR count). The Morgan fingerprint density at radius 3 is 2.56 bits per heavy atom. The molecular weight excluding hydrogens is 487 g/mol. The molecule has 0 saturated carbocycles. The molecule has 0 saturated heterocycles. The Morgan fingerprint density at radius 2 is 1.72 bits per heavy atom. The van der Waals surface area contributed by atoms with Crippen LogP contribution in [0.3, 0.4) is 0 Å². The molecule has 0 unspecified atom stereocenters. The van der Waals surface area contributed by atoms with E-state index in [0.717, 1.165) is 16.3 Å². The summed E-state index contributed by atoms with van der Waals surface area (Å²) in [5, 5.41) is 16.9. The molecule has 0 aliphatic heterocycles. The highest BCUT2D eigenvalue weighted by atomic mass is 35.5. The van der Waals surface area contributed by atoms with Crippen molar-refractivity contribution in [3.8, 4) is 0 Å². The van der Waals surface area contributed by atoms with Gasteiger partial charge in [0.25, 0.3) is 0 Å². The number of carbonyl (C=O) groups excluding carboxylic acids is 2. The second-order valence-electron chi connectivity index (χ2n) is 6.70. The predicted octanol–water partition coefficient (Wildman–Crippen LogP) is 5.91. The van der Waals surface area contributed by atoms with Gasteiger partial charge >= 0.3 is 0 Å². The van der Waals surface area contributed by atoms with Crippen LogP contribution in [0.1, 0.15) is 5.56 Å². The minimum absolute atomic E-state index is 0.138. The van der Waals surface area contributed by atoms with Gasteiger partial charge in [-0.1, -0.05) is 88.8 Å². The molecule has 0 aliphatic carbocycles. The fourth-order valence-corrected chi connectivity index (χ4v) is 4.87. The molecule has 1 heterocycles. The van der Waals surface area contributed by atoms with Crippen LogP contribution in [0.25, 0.3) is 10.8 Å². The van der Waals surface area contributed by atoms with E-state index in [1.807, 2.05) is 42.5 Å². The van der Waals surface area contributed by atoms with E-state index < -0.39 is 0 Å². The summed E-state index contributed by atoms with van der Waals surface area (Å²) in [5.41, 5.74) is 1.50. The van der Waals surface area contributed by atoms with E-state index in [1.54, 1.807) is 18.2 Å². The Balaban J connectivity index is 1.30. The molecule has 3 aromatic carbocycles. The lowest BCUT2D eigenvalue weighted by Crippen LogP contribution is -2.14. The van der Waals surface area contributed by atoms with Crippen molar-refractivity contribution in [1.82, 2.24) is 10.2 Å². The van der Waals surface area contributed by atoms with Crippen molar-refractivity contribution in [2.45, 2.75) is 10.8 Å². The van der Waals surface area contributed by atoms with Gasteiger partial charge in [0, 0.05) is 5.69 Å². The highest BCUT2D eigenvalue weighted by Crippen LogP contribution is 2.27. The van der Waals surface area contributed by atoms with Gasteiger partial charge in [0.1, 0.15) is 0 Å². The topological polar surface area (TPSA) is 84.0 Å². The molecule has 2 N–H and O–H groups in total. The third-order valence-corrected chi connectivity index (χ3v) is 7.12. The molecule has 162 valence electrons. The number of rotatable bonds is 7. The Kier molecular flexibility index (Phi) is 7.26. The van der Waals surface area contributed by atoms with Crippen LogP contribution >= 0.6 is 46.3 Å². The second-order valence-corrected chi connectivity index (χ2v) is 9.72. The summed E-state index contributed by atoms with van der Waals surface area (Å²) in [6, 6.07) is 18.7. The zero-order chi connectivity index (χ0) is 22.5. The number of carbonyl (C=O) groups is 2. The smallest absolute Gasteiger partial charge is 0.234 e. The summed E-state index contributed by atoms with van der Waals surface area (Å²) in [6.07, 6.45) is 0.232. The third kappa shape index (κ3) is 5.77. The van der Waals surface area contributed by atoms with Crippen molar-refractivity contribution >= 4 is 79.7 Å². The van der Waals surface area contributed by atoms with Crippen molar-refractivity contribution in [1.29, 1.82) is 0 Å². The number of nitrogens with zero attached hydrogens (tertiary/aromatic N) is 2. The average molecular weight is 503 g/mol. The van der Waals surface area contributed by atoms with Gasteiger partial charge in [-0.25, -0.2) is 0 Å². The summed E-state index contributed by atoms with van der Waals surface area (Å²) in [5.74, 6) is -0.254. The molecule has 6 nitrogen and oxygen atoms in total. The lowest BCUT2D eigenvalue weighted by molar-refractivity contribution is -0.115. The molecule has 10 heteroatoms. The normalized spacial score (nSPS) is 10.8. The van der Waals surface area contributed by atoms with E-state index in [2.05, 4.69) is 20.8 Å².